The Morgan fingerprint density at radius 2 is 1.91 bits per heavy atom. The number of amides is 1. The zero-order chi connectivity index (χ0) is 22.6. The van der Waals surface area contributed by atoms with E-state index < -0.39 is 29.3 Å². The van der Waals surface area contributed by atoms with E-state index in [-0.39, 0.29) is 29.4 Å². The maximum Gasteiger partial charge on any atom is 0.280 e. The number of nitrogens with zero attached hydrogens (tertiary/aromatic N) is 5. The predicted molar refractivity (Wildman–Crippen MR) is 111 cm³/mol. The summed E-state index contributed by atoms with van der Waals surface area (Å²) in [5.41, 5.74) is -0.589. The van der Waals surface area contributed by atoms with Crippen LogP contribution < -0.4 is 5.32 Å². The highest BCUT2D eigenvalue weighted by molar-refractivity contribution is 6.05. The molecule has 162 valence electrons. The molecule has 32 heavy (non-hydrogen) atoms. The van der Waals surface area contributed by atoms with Gasteiger partial charge in [-0.2, -0.15) is 5.10 Å². The Morgan fingerprint density at radius 1 is 1.12 bits per heavy atom. The lowest BCUT2D eigenvalue weighted by Gasteiger charge is -2.17. The average Bonchev–Trinajstić information content (AvgIpc) is 3.23. The summed E-state index contributed by atoms with van der Waals surface area (Å²) in [5.74, 6) is -0.854. The summed E-state index contributed by atoms with van der Waals surface area (Å²) in [6, 6.07) is 9.66. The molecule has 1 N–H and O–H groups in total. The van der Waals surface area contributed by atoms with Crippen LogP contribution in [0.25, 0.3) is 22.6 Å². The van der Waals surface area contributed by atoms with Crippen molar-refractivity contribution in [1.82, 2.24) is 24.7 Å². The molecule has 0 fully saturated rings. The number of fused-ring (bicyclic) bond motifs is 2. The van der Waals surface area contributed by atoms with Crippen LogP contribution in [-0.4, -0.2) is 30.6 Å². The molecule has 0 saturated carbocycles. The van der Waals surface area contributed by atoms with Crippen molar-refractivity contribution in [3.8, 4) is 11.5 Å². The largest absolute Gasteiger partial charge is 0.310 e. The molecule has 0 radical (unpaired) electrons. The van der Waals surface area contributed by atoms with Crippen LogP contribution in [0.4, 0.5) is 19.0 Å². The molecule has 1 amide bonds. The third-order valence-corrected chi connectivity index (χ3v) is 5.57. The lowest BCUT2D eigenvalue weighted by atomic mass is 9.85. The van der Waals surface area contributed by atoms with Crippen LogP contribution in [0, 0.1) is 5.82 Å². The van der Waals surface area contributed by atoms with Crippen LogP contribution in [0.5, 0.6) is 0 Å². The molecule has 10 heteroatoms. The Bertz CT molecular complexity index is 1380. The van der Waals surface area contributed by atoms with E-state index in [9.17, 15) is 18.0 Å². The molecule has 7 nitrogen and oxygen atoms in total. The van der Waals surface area contributed by atoms with Crippen molar-refractivity contribution in [3.63, 3.8) is 0 Å². The molecule has 5 rings (SSSR count). The fourth-order valence-electron chi connectivity index (χ4n) is 3.90. The highest BCUT2D eigenvalue weighted by Crippen LogP contribution is 2.42. The van der Waals surface area contributed by atoms with E-state index in [1.54, 1.807) is 50.4 Å². The molecule has 3 aromatic heterocycles. The van der Waals surface area contributed by atoms with Crippen LogP contribution in [0.2, 0.25) is 0 Å². The molecule has 1 aromatic carbocycles. The zero-order valence-corrected chi connectivity index (χ0v) is 17.1. The van der Waals surface area contributed by atoms with Crippen LogP contribution >= 0.6 is 0 Å². The summed E-state index contributed by atoms with van der Waals surface area (Å²) in [4.78, 5) is 25.1. The van der Waals surface area contributed by atoms with Crippen molar-refractivity contribution >= 4 is 22.8 Å². The molecule has 0 aliphatic carbocycles. The highest BCUT2D eigenvalue weighted by Gasteiger charge is 2.44. The Balaban J connectivity index is 1.70. The number of alkyl halides is 2. The minimum Gasteiger partial charge on any atom is -0.310 e. The van der Waals surface area contributed by atoms with Crippen molar-refractivity contribution in [2.75, 3.05) is 5.32 Å². The van der Waals surface area contributed by atoms with Crippen LogP contribution in [-0.2, 0) is 16.8 Å². The molecule has 0 saturated heterocycles. The van der Waals surface area contributed by atoms with Gasteiger partial charge < -0.3 is 5.32 Å². The molecule has 0 bridgehead atoms. The SMILES string of the molecule is CC1(C)C(=O)Nc2nc(-c3nn(Cc4ccccc4F)c4ncccc34)nc(C(F)F)c21. The van der Waals surface area contributed by atoms with E-state index >= 15 is 0 Å². The lowest BCUT2D eigenvalue weighted by Crippen LogP contribution is -2.28. The van der Waals surface area contributed by atoms with E-state index in [0.717, 1.165) is 0 Å². The number of pyridine rings is 1. The monoisotopic (exact) mass is 438 g/mol. The first-order valence-corrected chi connectivity index (χ1v) is 9.84. The molecule has 1 aliphatic rings. The number of aromatic nitrogens is 5. The molecule has 0 unspecified atom stereocenters. The first-order chi connectivity index (χ1) is 15.3. The first kappa shape index (κ1) is 20.1. The van der Waals surface area contributed by atoms with Gasteiger partial charge in [0.05, 0.1) is 17.3 Å². The predicted octanol–water partition coefficient (Wildman–Crippen LogP) is 4.24. The van der Waals surface area contributed by atoms with Crippen LogP contribution in [0.15, 0.2) is 42.6 Å². The number of hydrogen-bond acceptors (Lipinski definition) is 5. The van der Waals surface area contributed by atoms with E-state index in [1.165, 1.54) is 10.7 Å². The number of halogens is 3. The number of hydrogen-bond donors (Lipinski definition) is 1. The number of rotatable bonds is 4. The van der Waals surface area contributed by atoms with Gasteiger partial charge in [-0.1, -0.05) is 18.2 Å². The number of nitrogens with one attached hydrogen (secondary N) is 1. The Kier molecular flexibility index (Phi) is 4.47. The summed E-state index contributed by atoms with van der Waals surface area (Å²) < 4.78 is 43.5. The number of benzene rings is 1. The van der Waals surface area contributed by atoms with Gasteiger partial charge in [0, 0.05) is 17.3 Å². The summed E-state index contributed by atoms with van der Waals surface area (Å²) >= 11 is 0. The third-order valence-electron chi connectivity index (χ3n) is 5.57. The highest BCUT2D eigenvalue weighted by atomic mass is 19.3. The van der Waals surface area contributed by atoms with Gasteiger partial charge in [-0.05, 0) is 32.0 Å². The first-order valence-electron chi connectivity index (χ1n) is 9.84. The summed E-state index contributed by atoms with van der Waals surface area (Å²) in [6.07, 6.45) is -1.36. The molecule has 1 aliphatic heterocycles. The van der Waals surface area contributed by atoms with Gasteiger partial charge in [-0.15, -0.1) is 0 Å². The minimum absolute atomic E-state index is 0.0426. The zero-order valence-electron chi connectivity index (χ0n) is 17.1. The Labute approximate surface area is 180 Å². The number of anilines is 1. The fourth-order valence-corrected chi connectivity index (χ4v) is 3.90. The maximum absolute atomic E-state index is 14.2. The molecular formula is C22H17F3N6O. The van der Waals surface area contributed by atoms with Crippen molar-refractivity contribution in [1.29, 1.82) is 0 Å². The molecule has 0 atom stereocenters. The van der Waals surface area contributed by atoms with Crippen molar-refractivity contribution in [2.45, 2.75) is 32.2 Å². The second-order valence-electron chi connectivity index (χ2n) is 8.01. The number of carbonyl (C=O) groups is 1. The molecule has 4 aromatic rings. The summed E-state index contributed by atoms with van der Waals surface area (Å²) in [5, 5.41) is 7.58. The van der Waals surface area contributed by atoms with Gasteiger partial charge in [-0.3, -0.25) is 4.79 Å². The van der Waals surface area contributed by atoms with Gasteiger partial charge in [-0.25, -0.2) is 32.8 Å². The third kappa shape index (κ3) is 3.02. The molecule has 4 heterocycles. The lowest BCUT2D eigenvalue weighted by molar-refractivity contribution is -0.119. The Morgan fingerprint density at radius 3 is 2.66 bits per heavy atom. The van der Waals surface area contributed by atoms with Crippen molar-refractivity contribution in [2.24, 2.45) is 0 Å². The Hall–Kier alpha value is -3.82. The van der Waals surface area contributed by atoms with Crippen LogP contribution in [0.1, 0.15) is 37.1 Å². The average molecular weight is 438 g/mol. The fraction of sp³-hybridized carbons (Fsp3) is 0.227. The van der Waals surface area contributed by atoms with Gasteiger partial charge in [0.25, 0.3) is 6.43 Å². The van der Waals surface area contributed by atoms with Gasteiger partial charge in [0.15, 0.2) is 11.5 Å². The van der Waals surface area contributed by atoms with Crippen molar-refractivity contribution < 1.29 is 18.0 Å². The van der Waals surface area contributed by atoms with Gasteiger partial charge in [0.2, 0.25) is 5.91 Å². The molecular weight excluding hydrogens is 421 g/mol. The standard InChI is InChI=1S/C22H17F3N6O/c1-22(2)14-16(17(24)25)27-19(28-18(14)29-21(22)32)15-12-7-5-9-26-20(12)31(30-15)10-11-6-3-4-8-13(11)23/h3-9,17H,10H2,1-2H3,(H,27,28,29,32). The van der Waals surface area contributed by atoms with Gasteiger partial charge >= 0.3 is 0 Å². The smallest absolute Gasteiger partial charge is 0.280 e. The molecule has 0 spiro atoms. The van der Waals surface area contributed by atoms with E-state index in [2.05, 4.69) is 25.4 Å². The summed E-state index contributed by atoms with van der Waals surface area (Å²) in [7, 11) is 0. The maximum atomic E-state index is 14.2. The van der Waals surface area contributed by atoms with Gasteiger partial charge in [0.1, 0.15) is 23.0 Å². The number of carbonyl (C=O) groups excluding carboxylic acids is 1. The quantitative estimate of drug-likeness (QED) is 0.515. The topological polar surface area (TPSA) is 85.6 Å². The van der Waals surface area contributed by atoms with E-state index in [1.807, 2.05) is 0 Å². The van der Waals surface area contributed by atoms with E-state index in [4.69, 9.17) is 0 Å². The second kappa shape index (κ2) is 7.11. The normalized spacial score (nSPS) is 14.8. The minimum atomic E-state index is -2.91. The van der Waals surface area contributed by atoms with E-state index in [0.29, 0.717) is 16.6 Å². The second-order valence-corrected chi connectivity index (χ2v) is 8.01. The summed E-state index contributed by atoms with van der Waals surface area (Å²) in [6.45, 7) is 3.17. The van der Waals surface area contributed by atoms with Crippen LogP contribution in [0.3, 0.4) is 0 Å². The van der Waals surface area contributed by atoms with Crippen molar-refractivity contribution in [3.05, 3.63) is 65.2 Å².